The van der Waals surface area contributed by atoms with Gasteiger partial charge in [-0.3, -0.25) is 9.63 Å². The van der Waals surface area contributed by atoms with Crippen LogP contribution in [0.1, 0.15) is 18.0 Å². The standard InChI is InChI=1S/C33H33FN6O5S/c1-3-33(41)38-26-18-27(30(44-2)19-29(26)39-11-14-46(42,43)15-12-39)37-31-20-32(36-21-35-31)40-28(10-13-45-40)24-8-4-6-22(16-24)23-7-5-9-25(34)17-23/h3-9,16-21,28H,1,10-15H2,2H3,(H,38,41)(H,35,36,37). The number of hydroxylamine groups is 1. The first-order valence-corrected chi connectivity index (χ1v) is 16.5. The minimum atomic E-state index is -3.11. The number of carbonyl (C=O) groups excluding carboxylic acids is 1. The zero-order valence-corrected chi connectivity index (χ0v) is 26.0. The largest absolute Gasteiger partial charge is 0.494 e. The minimum absolute atomic E-state index is 0.0164. The number of carbonyl (C=O) groups is 1. The van der Waals surface area contributed by atoms with Gasteiger partial charge in [0.05, 0.1) is 48.3 Å². The first-order valence-electron chi connectivity index (χ1n) is 14.7. The van der Waals surface area contributed by atoms with E-state index in [-0.39, 0.29) is 36.5 Å². The molecule has 6 rings (SSSR count). The molecule has 3 aromatic carbocycles. The Kier molecular flexibility index (Phi) is 8.86. The maximum atomic E-state index is 13.9. The van der Waals surface area contributed by atoms with Crippen molar-refractivity contribution in [3.63, 3.8) is 0 Å². The highest BCUT2D eigenvalue weighted by molar-refractivity contribution is 7.91. The van der Waals surface area contributed by atoms with Crippen molar-refractivity contribution in [2.45, 2.75) is 12.5 Å². The zero-order valence-electron chi connectivity index (χ0n) is 25.1. The topological polar surface area (TPSA) is 126 Å². The van der Waals surface area contributed by atoms with Gasteiger partial charge in [-0.2, -0.15) is 0 Å². The average Bonchev–Trinajstić information content (AvgIpc) is 3.56. The second kappa shape index (κ2) is 13.2. The maximum absolute atomic E-state index is 13.9. The molecule has 1 amide bonds. The quantitative estimate of drug-likeness (QED) is 0.233. The van der Waals surface area contributed by atoms with Gasteiger partial charge in [0.25, 0.3) is 0 Å². The molecular formula is C33H33FN6O5S. The van der Waals surface area contributed by atoms with Crippen LogP contribution in [0, 0.1) is 5.82 Å². The van der Waals surface area contributed by atoms with Crippen LogP contribution in [0.5, 0.6) is 5.75 Å². The SMILES string of the molecule is C=CC(=O)Nc1cc(Nc2cc(N3OCCC3c3cccc(-c4cccc(F)c4)c3)ncn2)c(OC)cc1N1CCS(=O)(=O)CC1. The van der Waals surface area contributed by atoms with E-state index in [1.54, 1.807) is 29.3 Å². The second-order valence-electron chi connectivity index (χ2n) is 10.9. The van der Waals surface area contributed by atoms with Gasteiger partial charge in [-0.15, -0.1) is 0 Å². The van der Waals surface area contributed by atoms with Crippen LogP contribution in [-0.4, -0.2) is 62.6 Å². The molecule has 13 heteroatoms. The van der Waals surface area contributed by atoms with E-state index in [1.165, 1.54) is 31.6 Å². The number of halogens is 1. The summed E-state index contributed by atoms with van der Waals surface area (Å²) in [6.07, 6.45) is 3.31. The minimum Gasteiger partial charge on any atom is -0.494 e. The maximum Gasteiger partial charge on any atom is 0.247 e. The predicted octanol–water partition coefficient (Wildman–Crippen LogP) is 5.28. The van der Waals surface area contributed by atoms with Gasteiger partial charge >= 0.3 is 0 Å². The summed E-state index contributed by atoms with van der Waals surface area (Å²) >= 11 is 0. The van der Waals surface area contributed by atoms with Gasteiger partial charge < -0.3 is 20.3 Å². The van der Waals surface area contributed by atoms with Crippen LogP contribution >= 0.6 is 0 Å². The molecule has 3 heterocycles. The Balaban J connectivity index is 1.28. The Labute approximate surface area is 266 Å². The lowest BCUT2D eigenvalue weighted by atomic mass is 9.98. The van der Waals surface area contributed by atoms with Crippen molar-refractivity contribution in [1.29, 1.82) is 0 Å². The lowest BCUT2D eigenvalue weighted by Crippen LogP contribution is -2.40. The third-order valence-corrected chi connectivity index (χ3v) is 9.53. The van der Waals surface area contributed by atoms with Gasteiger partial charge in [-0.05, 0) is 47.0 Å². The monoisotopic (exact) mass is 644 g/mol. The molecule has 0 radical (unpaired) electrons. The Hall–Kier alpha value is -5.01. The summed E-state index contributed by atoms with van der Waals surface area (Å²) in [6, 6.07) is 19.5. The number of rotatable bonds is 9. The van der Waals surface area contributed by atoms with Crippen LogP contribution in [0.2, 0.25) is 0 Å². The first kappa shape index (κ1) is 31.0. The van der Waals surface area contributed by atoms with Crippen molar-refractivity contribution in [2.75, 3.05) is 58.9 Å². The Bertz CT molecular complexity index is 1870. The van der Waals surface area contributed by atoms with Crippen LogP contribution in [0.3, 0.4) is 0 Å². The van der Waals surface area contributed by atoms with Gasteiger partial charge in [-0.1, -0.05) is 36.9 Å². The smallest absolute Gasteiger partial charge is 0.247 e. The molecule has 0 saturated carbocycles. The number of hydrogen-bond acceptors (Lipinski definition) is 10. The highest BCUT2D eigenvalue weighted by Crippen LogP contribution is 2.40. The first-order chi connectivity index (χ1) is 22.2. The van der Waals surface area contributed by atoms with E-state index in [9.17, 15) is 17.6 Å². The molecule has 2 N–H and O–H groups in total. The van der Waals surface area contributed by atoms with Crippen LogP contribution in [0.15, 0.2) is 85.7 Å². The molecule has 0 aliphatic carbocycles. The molecule has 238 valence electrons. The summed E-state index contributed by atoms with van der Waals surface area (Å²) < 4.78 is 43.7. The van der Waals surface area contributed by atoms with Crippen molar-refractivity contribution < 1.29 is 27.2 Å². The molecule has 1 atom stereocenters. The number of ether oxygens (including phenoxy) is 1. The Morgan fingerprint density at radius 2 is 1.80 bits per heavy atom. The average molecular weight is 645 g/mol. The molecule has 0 bridgehead atoms. The summed E-state index contributed by atoms with van der Waals surface area (Å²) in [7, 11) is -1.58. The predicted molar refractivity (Wildman–Crippen MR) is 176 cm³/mol. The van der Waals surface area contributed by atoms with Gasteiger partial charge in [0.1, 0.15) is 23.7 Å². The number of hydrogen-bond donors (Lipinski definition) is 2. The number of anilines is 5. The van der Waals surface area contributed by atoms with E-state index in [2.05, 4.69) is 27.2 Å². The van der Waals surface area contributed by atoms with E-state index in [0.717, 1.165) is 23.1 Å². The zero-order chi connectivity index (χ0) is 32.3. The van der Waals surface area contributed by atoms with Crippen molar-refractivity contribution in [3.05, 3.63) is 97.1 Å². The summed E-state index contributed by atoms with van der Waals surface area (Å²) in [5.41, 5.74) is 4.29. The molecule has 1 aromatic heterocycles. The van der Waals surface area contributed by atoms with Gasteiger partial charge in [0.15, 0.2) is 15.7 Å². The van der Waals surface area contributed by atoms with E-state index in [0.29, 0.717) is 41.1 Å². The van der Waals surface area contributed by atoms with E-state index in [4.69, 9.17) is 9.57 Å². The molecule has 2 aliphatic heterocycles. The van der Waals surface area contributed by atoms with Crippen molar-refractivity contribution in [1.82, 2.24) is 9.97 Å². The molecule has 11 nitrogen and oxygen atoms in total. The highest BCUT2D eigenvalue weighted by Gasteiger charge is 2.30. The fourth-order valence-corrected chi connectivity index (χ4v) is 6.80. The summed E-state index contributed by atoms with van der Waals surface area (Å²) in [6.45, 7) is 4.60. The van der Waals surface area contributed by atoms with Crippen molar-refractivity contribution in [2.24, 2.45) is 0 Å². The number of amides is 1. The molecule has 0 spiro atoms. The number of methoxy groups -OCH3 is 1. The normalized spacial score (nSPS) is 17.4. The summed E-state index contributed by atoms with van der Waals surface area (Å²) in [5, 5.41) is 7.85. The van der Waals surface area contributed by atoms with Crippen LogP contribution in [0.25, 0.3) is 11.1 Å². The van der Waals surface area contributed by atoms with E-state index in [1.807, 2.05) is 35.2 Å². The van der Waals surface area contributed by atoms with Gasteiger partial charge in [-0.25, -0.2) is 27.8 Å². The highest BCUT2D eigenvalue weighted by atomic mass is 32.2. The summed E-state index contributed by atoms with van der Waals surface area (Å²) in [5.74, 6) is 0.767. The molecule has 2 aliphatic rings. The lowest BCUT2D eigenvalue weighted by molar-refractivity contribution is -0.111. The number of benzene rings is 3. The number of sulfone groups is 1. The van der Waals surface area contributed by atoms with Crippen molar-refractivity contribution >= 4 is 44.4 Å². The molecule has 2 saturated heterocycles. The number of nitrogens with one attached hydrogen (secondary N) is 2. The van der Waals surface area contributed by atoms with Crippen LogP contribution in [-0.2, 0) is 19.5 Å². The summed E-state index contributed by atoms with van der Waals surface area (Å²) in [4.78, 5) is 29.1. The molecule has 1 unspecified atom stereocenters. The fraction of sp³-hybridized carbons (Fsp3) is 0.242. The van der Waals surface area contributed by atoms with E-state index < -0.39 is 15.7 Å². The molecule has 4 aromatic rings. The second-order valence-corrected chi connectivity index (χ2v) is 13.2. The number of nitrogens with zero attached hydrogens (tertiary/aromatic N) is 4. The van der Waals surface area contributed by atoms with Gasteiger partial charge in [0, 0.05) is 31.6 Å². The Morgan fingerprint density at radius 1 is 1.04 bits per heavy atom. The van der Waals surface area contributed by atoms with Gasteiger partial charge in [0.2, 0.25) is 5.91 Å². The van der Waals surface area contributed by atoms with E-state index >= 15 is 0 Å². The molecule has 46 heavy (non-hydrogen) atoms. The van der Waals surface area contributed by atoms with Crippen LogP contribution in [0.4, 0.5) is 33.1 Å². The van der Waals surface area contributed by atoms with Crippen LogP contribution < -0.4 is 25.3 Å². The third kappa shape index (κ3) is 6.80. The van der Waals surface area contributed by atoms with Crippen molar-refractivity contribution in [3.8, 4) is 16.9 Å². The molecule has 2 fully saturated rings. The fourth-order valence-electron chi connectivity index (χ4n) is 5.60. The third-order valence-electron chi connectivity index (χ3n) is 7.92. The molecular weight excluding hydrogens is 611 g/mol. The Morgan fingerprint density at radius 3 is 2.54 bits per heavy atom. The lowest BCUT2D eigenvalue weighted by Gasteiger charge is -2.31. The number of aromatic nitrogens is 2.